The number of hydrogen-bond acceptors (Lipinski definition) is 4. The van der Waals surface area contributed by atoms with Gasteiger partial charge in [-0.05, 0) is 69.1 Å². The molecule has 0 radical (unpaired) electrons. The first kappa shape index (κ1) is 35.9. The van der Waals surface area contributed by atoms with E-state index in [0.29, 0.717) is 11.6 Å². The maximum atomic E-state index is 5.46. The molecule has 7 rings (SSSR count). The fourth-order valence-corrected chi connectivity index (χ4v) is 6.19. The number of pyridine rings is 2. The third-order valence-electron chi connectivity index (χ3n) is 9.30. The summed E-state index contributed by atoms with van der Waals surface area (Å²) >= 11 is 0. The largest absolute Gasteiger partial charge is 2.00 e. The number of nitrogens with zero attached hydrogens (tertiary/aromatic N) is 6. The molecule has 0 aliphatic rings. The van der Waals surface area contributed by atoms with Gasteiger partial charge in [0.15, 0.2) is 0 Å². The van der Waals surface area contributed by atoms with E-state index in [4.69, 9.17) is 20.2 Å². The summed E-state index contributed by atoms with van der Waals surface area (Å²) < 4.78 is 3.59. The van der Waals surface area contributed by atoms with Crippen molar-refractivity contribution in [3.8, 4) is 33.9 Å². The van der Waals surface area contributed by atoms with Gasteiger partial charge in [-0.1, -0.05) is 157 Å². The number of benzene rings is 3. The number of hydrogen-bond donors (Lipinski definition) is 0. The zero-order valence-electron chi connectivity index (χ0n) is 30.1. The van der Waals surface area contributed by atoms with E-state index >= 15 is 0 Å². The van der Waals surface area contributed by atoms with Crippen molar-refractivity contribution in [1.82, 2.24) is 29.5 Å². The van der Waals surface area contributed by atoms with Crippen LogP contribution in [0.1, 0.15) is 76.8 Å². The average Bonchev–Trinajstić information content (AvgIpc) is 3.84. The van der Waals surface area contributed by atoms with Crippen molar-refractivity contribution in [2.24, 2.45) is 0 Å². The van der Waals surface area contributed by atoms with E-state index in [9.17, 15) is 0 Å². The molecule has 0 bridgehead atoms. The number of rotatable bonds is 7. The zero-order valence-corrected chi connectivity index (χ0v) is 32.4. The molecule has 0 saturated carbocycles. The minimum atomic E-state index is -0.755. The molecule has 3 aromatic carbocycles. The van der Waals surface area contributed by atoms with Crippen molar-refractivity contribution < 1.29 is 21.1 Å². The van der Waals surface area contributed by atoms with Crippen LogP contribution in [0.15, 0.2) is 127 Å². The molecular formula is C44H42N6Pt. The van der Waals surface area contributed by atoms with Crippen LogP contribution in [0.3, 0.4) is 0 Å². The van der Waals surface area contributed by atoms with Crippen LogP contribution in [0.25, 0.3) is 33.9 Å². The van der Waals surface area contributed by atoms with E-state index < -0.39 is 5.41 Å². The predicted molar refractivity (Wildman–Crippen MR) is 201 cm³/mol. The molecule has 0 aliphatic heterocycles. The smallest absolute Gasteiger partial charge is 0.343 e. The van der Waals surface area contributed by atoms with Crippen molar-refractivity contribution in [2.75, 3.05) is 0 Å². The van der Waals surface area contributed by atoms with E-state index in [0.717, 1.165) is 50.6 Å². The second-order valence-electron chi connectivity index (χ2n) is 15.0. The minimum Gasteiger partial charge on any atom is -0.343 e. The summed E-state index contributed by atoms with van der Waals surface area (Å²) in [5.41, 5.74) is 7.66. The molecule has 0 atom stereocenters. The molecule has 7 heteroatoms. The maximum absolute atomic E-state index is 5.46. The quantitative estimate of drug-likeness (QED) is 0.150. The topological polar surface area (TPSA) is 61.4 Å². The van der Waals surface area contributed by atoms with Gasteiger partial charge in [-0.15, -0.1) is 12.1 Å². The molecule has 0 aliphatic carbocycles. The zero-order chi connectivity index (χ0) is 35.1. The summed E-state index contributed by atoms with van der Waals surface area (Å²) in [5.74, 6) is 1.42. The Kier molecular flexibility index (Phi) is 9.85. The molecule has 0 spiro atoms. The molecular weight excluding hydrogens is 808 g/mol. The van der Waals surface area contributed by atoms with Gasteiger partial charge < -0.3 is 9.36 Å². The average molecular weight is 850 g/mol. The van der Waals surface area contributed by atoms with E-state index in [-0.39, 0.29) is 31.9 Å². The van der Waals surface area contributed by atoms with Gasteiger partial charge in [-0.25, -0.2) is 0 Å². The van der Waals surface area contributed by atoms with Crippen LogP contribution >= 0.6 is 0 Å². The molecule has 0 amide bonds. The van der Waals surface area contributed by atoms with Gasteiger partial charge in [-0.2, -0.15) is 0 Å². The van der Waals surface area contributed by atoms with Crippen molar-refractivity contribution >= 4 is 0 Å². The summed E-state index contributed by atoms with van der Waals surface area (Å²) in [6.07, 6.45) is 6.76. The SMILES string of the molecule is CC(C)(C)c1c[c-]n(-c2nc(C(C)(c3ccccc3)c3ccc(-c4ccccc4)c(-n4[c-]cc(C(C)(C)C)n4)n3)ccc2-c2ccccc2)n1.[Pt+2]. The van der Waals surface area contributed by atoms with Crippen LogP contribution in [0.2, 0.25) is 0 Å². The van der Waals surface area contributed by atoms with E-state index in [1.54, 1.807) is 9.36 Å². The molecule has 0 saturated heterocycles. The van der Waals surface area contributed by atoms with Gasteiger partial charge >= 0.3 is 21.1 Å². The summed E-state index contributed by atoms with van der Waals surface area (Å²) in [6.45, 7) is 15.2. The van der Waals surface area contributed by atoms with Crippen LogP contribution in [0.5, 0.6) is 0 Å². The molecule has 0 fully saturated rings. The molecule has 258 valence electrons. The molecule has 7 aromatic rings. The standard InChI is InChI=1S/C44H42N6.Pt/c1-42(2,3)36-27-29-49(47-36)40-34(31-17-11-8-12-18-31)23-25-38(45-40)44(7,33-21-15-10-16-22-33)39-26-24-35(32-19-13-9-14-20-32)41(46-39)50-30-28-37(48-50)43(4,5)6;/h8-28H,1-7H3;/q-2;+2. The van der Waals surface area contributed by atoms with Crippen LogP contribution in [-0.4, -0.2) is 29.5 Å². The predicted octanol–water partition coefficient (Wildman–Crippen LogP) is 9.73. The van der Waals surface area contributed by atoms with Crippen molar-refractivity contribution in [3.63, 3.8) is 0 Å². The van der Waals surface area contributed by atoms with Gasteiger partial charge in [0.2, 0.25) is 0 Å². The van der Waals surface area contributed by atoms with Gasteiger partial charge in [0, 0.05) is 11.4 Å². The Bertz CT molecular complexity index is 2100. The number of aromatic nitrogens is 6. The third-order valence-corrected chi connectivity index (χ3v) is 9.30. The van der Waals surface area contributed by atoms with Crippen molar-refractivity contribution in [2.45, 2.75) is 64.7 Å². The fraction of sp³-hybridized carbons (Fsp3) is 0.227. The van der Waals surface area contributed by atoms with E-state index in [1.807, 2.05) is 54.6 Å². The minimum absolute atomic E-state index is 0. The second-order valence-corrected chi connectivity index (χ2v) is 15.0. The molecule has 0 N–H and O–H groups in total. The normalized spacial score (nSPS) is 12.1. The van der Waals surface area contributed by atoms with Crippen LogP contribution in [0.4, 0.5) is 0 Å². The Morgan fingerprint density at radius 1 is 0.451 bits per heavy atom. The Labute approximate surface area is 315 Å². The summed E-state index contributed by atoms with van der Waals surface area (Å²) in [5, 5.41) is 9.99. The second kappa shape index (κ2) is 14.0. The van der Waals surface area contributed by atoms with E-state index in [1.165, 1.54) is 0 Å². The van der Waals surface area contributed by atoms with Crippen LogP contribution < -0.4 is 0 Å². The van der Waals surface area contributed by atoms with Crippen molar-refractivity contribution in [3.05, 3.63) is 168 Å². The Morgan fingerprint density at radius 3 is 1.18 bits per heavy atom. The Morgan fingerprint density at radius 2 is 0.824 bits per heavy atom. The summed E-state index contributed by atoms with van der Waals surface area (Å²) in [7, 11) is 0. The first-order chi connectivity index (χ1) is 23.9. The van der Waals surface area contributed by atoms with E-state index in [2.05, 4.69) is 134 Å². The molecule has 4 aromatic heterocycles. The van der Waals surface area contributed by atoms with Gasteiger partial charge in [0.1, 0.15) is 0 Å². The monoisotopic (exact) mass is 849 g/mol. The fourth-order valence-electron chi connectivity index (χ4n) is 6.19. The Hall–Kier alpha value is -4.93. The van der Waals surface area contributed by atoms with Gasteiger partial charge in [0.05, 0.1) is 17.1 Å². The first-order valence-corrected chi connectivity index (χ1v) is 17.1. The van der Waals surface area contributed by atoms with Crippen molar-refractivity contribution in [1.29, 1.82) is 0 Å². The molecule has 0 unspecified atom stereocenters. The van der Waals surface area contributed by atoms with Gasteiger partial charge in [-0.3, -0.25) is 20.2 Å². The first-order valence-electron chi connectivity index (χ1n) is 17.1. The van der Waals surface area contributed by atoms with Crippen LogP contribution in [0, 0.1) is 12.4 Å². The van der Waals surface area contributed by atoms with Gasteiger partial charge in [0.25, 0.3) is 0 Å². The Balaban J connectivity index is 0.00000448. The van der Waals surface area contributed by atoms with Crippen LogP contribution in [-0.2, 0) is 37.3 Å². The molecule has 51 heavy (non-hydrogen) atoms. The summed E-state index contributed by atoms with van der Waals surface area (Å²) in [4.78, 5) is 10.9. The molecule has 6 nitrogen and oxygen atoms in total. The summed E-state index contributed by atoms with van der Waals surface area (Å²) in [6, 6.07) is 43.6. The third kappa shape index (κ3) is 7.03. The maximum Gasteiger partial charge on any atom is 2.00 e. The molecule has 4 heterocycles.